The summed E-state index contributed by atoms with van der Waals surface area (Å²) in [5, 5.41) is 13.5. The second-order valence-electron chi connectivity index (χ2n) is 11.6. The molecule has 1 unspecified atom stereocenters. The number of carbonyl (C=O) groups is 1. The van der Waals surface area contributed by atoms with Gasteiger partial charge in [-0.15, -0.1) is 17.0 Å². The Morgan fingerprint density at radius 1 is 0.788 bits per heavy atom. The van der Waals surface area contributed by atoms with Gasteiger partial charge in [0.25, 0.3) is 5.72 Å². The summed E-state index contributed by atoms with van der Waals surface area (Å²) in [7, 11) is 6.55. The van der Waals surface area contributed by atoms with Crippen LogP contribution in [0.5, 0.6) is 23.0 Å². The van der Waals surface area contributed by atoms with Gasteiger partial charge in [-0.2, -0.15) is 0 Å². The molecule has 0 radical (unpaired) electrons. The number of aliphatic imine (C=N–C) groups is 1. The van der Waals surface area contributed by atoms with Gasteiger partial charge in [0.05, 0.1) is 48.1 Å². The van der Waals surface area contributed by atoms with Gasteiger partial charge in [0, 0.05) is 28.3 Å². The first-order chi connectivity index (χ1) is 24.4. The number of thioether (sulfide) groups is 2. The fourth-order valence-corrected chi connectivity index (χ4v) is 8.00. The molecule has 276 valence electrons. The van der Waals surface area contributed by atoms with E-state index in [1.54, 1.807) is 76.2 Å². The van der Waals surface area contributed by atoms with Crippen LogP contribution in [0.25, 0.3) is 0 Å². The number of ketones is 1. The number of aliphatic hydroxyl groups is 1. The van der Waals surface area contributed by atoms with Gasteiger partial charge in [0.15, 0.2) is 17.5 Å². The Labute approximate surface area is 334 Å². The lowest BCUT2D eigenvalue weighted by atomic mass is 10.0. The van der Waals surface area contributed by atoms with Crippen LogP contribution >= 0.6 is 40.5 Å². The van der Waals surface area contributed by atoms with Crippen molar-refractivity contribution in [3.8, 4) is 23.0 Å². The minimum atomic E-state index is -1.04. The number of amidine groups is 2. The first-order valence-corrected chi connectivity index (χ1v) is 18.2. The van der Waals surface area contributed by atoms with E-state index in [0.29, 0.717) is 12.1 Å². The van der Waals surface area contributed by atoms with Crippen molar-refractivity contribution >= 4 is 68.0 Å². The molecule has 3 aliphatic heterocycles. The summed E-state index contributed by atoms with van der Waals surface area (Å²) in [4.78, 5) is 21.4. The molecule has 0 saturated heterocycles. The Morgan fingerprint density at radius 3 is 1.83 bits per heavy atom. The maximum absolute atomic E-state index is 12.7. The van der Waals surface area contributed by atoms with Crippen LogP contribution in [-0.4, -0.2) is 91.9 Å². The normalized spacial score (nSPS) is 17.1. The molecule has 0 aliphatic carbocycles. The Morgan fingerprint density at radius 2 is 1.31 bits per heavy atom. The molecule has 0 aromatic heterocycles. The molecular weight excluding hydrogens is 832 g/mol. The molecule has 0 saturated carbocycles. The summed E-state index contributed by atoms with van der Waals surface area (Å²) < 4.78 is 22.9. The van der Waals surface area contributed by atoms with Gasteiger partial charge in [-0.05, 0) is 109 Å². The van der Waals surface area contributed by atoms with Crippen molar-refractivity contribution in [1.29, 1.82) is 0 Å². The molecule has 3 aliphatic rings. The van der Waals surface area contributed by atoms with Crippen molar-refractivity contribution in [2.45, 2.75) is 5.72 Å². The van der Waals surface area contributed by atoms with E-state index >= 15 is 0 Å². The number of anilines is 2. The standard InChI is InChI=1S/C19H21N2O3S.C19H20N2O3S.2BrH/c1-23-16-7-3-14(4-8-16)19(22)13-20(18-21(19)11-12-25-18)15-5-9-17(24-2)10-6-15;1-23-16-7-3-14(4-8-16)18(22)13-21(19-20-11-12-25-19)15-5-9-17(24-2)10-6-15;;/h3-10,22H,11-13H2,1-2H3;3-10H,11-13H2,1-2H3;2*1H/q+1;;;/p-1. The van der Waals surface area contributed by atoms with Crippen LogP contribution < -0.4 is 45.7 Å². The number of carbonyl (C=O) groups excluding carboxylic acids is 1. The lowest BCUT2D eigenvalue weighted by molar-refractivity contribution is -0.650. The number of rotatable bonds is 10. The van der Waals surface area contributed by atoms with Crippen LogP contribution in [0.1, 0.15) is 15.9 Å². The Kier molecular flexibility index (Phi) is 14.9. The van der Waals surface area contributed by atoms with Crippen LogP contribution in [0.3, 0.4) is 0 Å². The minimum absolute atomic E-state index is 0. The summed E-state index contributed by atoms with van der Waals surface area (Å²) in [6, 6.07) is 30.5. The average molecular weight is 875 g/mol. The number of β-amino-alcohol motifs (C(OH)–C–C–N with tert-alkyl or cyclic N) is 1. The molecule has 0 spiro atoms. The molecule has 7 rings (SSSR count). The number of nitrogens with zero attached hydrogens (tertiary/aromatic N) is 4. The van der Waals surface area contributed by atoms with Gasteiger partial charge in [-0.1, -0.05) is 11.8 Å². The van der Waals surface area contributed by atoms with Crippen molar-refractivity contribution in [2.24, 2.45) is 4.99 Å². The fraction of sp³-hybridized carbons (Fsp3) is 0.289. The van der Waals surface area contributed by atoms with Crippen LogP contribution in [-0.2, 0) is 5.72 Å². The second-order valence-corrected chi connectivity index (χ2v) is 13.7. The third kappa shape index (κ3) is 9.08. The SMILES string of the molecule is Br.COc1ccc(C(=O)CN(C2=NCCS2)c2ccc(OC)cc2)cc1.COc1ccc(N2CC(O)(c3ccc(OC)cc3)[N+]3=C2SCC3)cc1.[Br-]. The van der Waals surface area contributed by atoms with Gasteiger partial charge < -0.3 is 45.9 Å². The molecule has 4 aromatic rings. The molecule has 10 nitrogen and oxygen atoms in total. The van der Waals surface area contributed by atoms with Crippen molar-refractivity contribution < 1.29 is 50.4 Å². The van der Waals surface area contributed by atoms with E-state index in [1.807, 2.05) is 77.7 Å². The van der Waals surface area contributed by atoms with Crippen LogP contribution in [0.2, 0.25) is 0 Å². The summed E-state index contributed by atoms with van der Waals surface area (Å²) in [6.07, 6.45) is 0. The zero-order chi connectivity index (χ0) is 35.1. The zero-order valence-corrected chi connectivity index (χ0v) is 34.3. The number of ether oxygens (including phenoxy) is 4. The molecule has 4 aromatic carbocycles. The number of halogens is 2. The third-order valence-electron chi connectivity index (χ3n) is 8.67. The molecule has 0 amide bonds. The van der Waals surface area contributed by atoms with Crippen LogP contribution in [0.4, 0.5) is 11.4 Å². The topological polar surface area (TPSA) is 96.1 Å². The summed E-state index contributed by atoms with van der Waals surface area (Å²) >= 11 is 3.45. The van der Waals surface area contributed by atoms with E-state index in [1.165, 1.54) is 0 Å². The quantitative estimate of drug-likeness (QED) is 0.189. The van der Waals surface area contributed by atoms with E-state index < -0.39 is 5.72 Å². The lowest BCUT2D eigenvalue weighted by Crippen LogP contribution is -3.00. The molecule has 0 fully saturated rings. The number of benzene rings is 4. The highest BCUT2D eigenvalue weighted by molar-refractivity contribution is 8.93. The van der Waals surface area contributed by atoms with Crippen molar-refractivity contribution in [2.75, 3.05) is 75.9 Å². The molecule has 52 heavy (non-hydrogen) atoms. The van der Waals surface area contributed by atoms with E-state index in [4.69, 9.17) is 18.9 Å². The van der Waals surface area contributed by atoms with Crippen molar-refractivity contribution in [1.82, 2.24) is 0 Å². The maximum Gasteiger partial charge on any atom is 0.316 e. The predicted molar refractivity (Wildman–Crippen MR) is 213 cm³/mol. The van der Waals surface area contributed by atoms with Gasteiger partial charge in [0.2, 0.25) is 0 Å². The first kappa shape index (κ1) is 41.1. The Bertz CT molecular complexity index is 1850. The highest BCUT2D eigenvalue weighted by atomic mass is 79.9. The third-order valence-corrected chi connectivity index (χ3v) is 10.7. The van der Waals surface area contributed by atoms with Crippen LogP contribution in [0.15, 0.2) is 102 Å². The van der Waals surface area contributed by atoms with Gasteiger partial charge >= 0.3 is 5.17 Å². The fourth-order valence-electron chi connectivity index (χ4n) is 5.94. The smallest absolute Gasteiger partial charge is 0.316 e. The second kappa shape index (κ2) is 18.9. The predicted octanol–water partition coefficient (Wildman–Crippen LogP) is 3.56. The van der Waals surface area contributed by atoms with Crippen molar-refractivity contribution in [3.63, 3.8) is 0 Å². The molecule has 3 heterocycles. The highest BCUT2D eigenvalue weighted by Gasteiger charge is 2.54. The maximum atomic E-state index is 12.7. The van der Waals surface area contributed by atoms with Gasteiger partial charge in [-0.3, -0.25) is 9.79 Å². The van der Waals surface area contributed by atoms with Crippen LogP contribution in [0, 0.1) is 0 Å². The number of Topliss-reactive ketones (excluding diaryl/α,β-unsaturated/α-hetero) is 1. The molecule has 0 bridgehead atoms. The Hall–Kier alpha value is -3.69. The molecule has 1 N–H and O–H groups in total. The largest absolute Gasteiger partial charge is 1.00 e. The minimum Gasteiger partial charge on any atom is -1.00 e. The summed E-state index contributed by atoms with van der Waals surface area (Å²) in [5.41, 5.74) is 2.48. The average Bonchev–Trinajstić information content (AvgIpc) is 3.95. The first-order valence-electron chi connectivity index (χ1n) is 16.2. The number of hydrogen-bond acceptors (Lipinski definition) is 11. The Balaban J connectivity index is 0.000000224. The van der Waals surface area contributed by atoms with E-state index in [2.05, 4.69) is 14.5 Å². The zero-order valence-electron chi connectivity index (χ0n) is 29.4. The lowest BCUT2D eigenvalue weighted by Gasteiger charge is -2.23. The highest BCUT2D eigenvalue weighted by Crippen LogP contribution is 2.39. The van der Waals surface area contributed by atoms with E-state index in [0.717, 1.165) is 74.9 Å². The van der Waals surface area contributed by atoms with E-state index in [9.17, 15) is 9.90 Å². The molecule has 1 atom stereocenters. The number of methoxy groups -OCH3 is 4. The number of hydrogen-bond donors (Lipinski definition) is 1. The van der Waals surface area contributed by atoms with Gasteiger partial charge in [-0.25, -0.2) is 9.48 Å². The molecular formula is C38H42Br2N4O6S2. The monoisotopic (exact) mass is 872 g/mol. The molecule has 14 heteroatoms. The van der Waals surface area contributed by atoms with Gasteiger partial charge in [0.1, 0.15) is 28.7 Å². The summed E-state index contributed by atoms with van der Waals surface area (Å²) in [6.45, 7) is 2.34. The van der Waals surface area contributed by atoms with E-state index in [-0.39, 0.29) is 46.3 Å². The van der Waals surface area contributed by atoms with Crippen molar-refractivity contribution in [3.05, 3.63) is 108 Å². The summed E-state index contributed by atoms with van der Waals surface area (Å²) in [5.74, 6) is 5.09.